The third kappa shape index (κ3) is 2.95. The van der Waals surface area contributed by atoms with Gasteiger partial charge in [0.2, 0.25) is 0 Å². The van der Waals surface area contributed by atoms with E-state index in [1.807, 2.05) is 41.8 Å². The Morgan fingerprint density at radius 2 is 2.10 bits per heavy atom. The van der Waals surface area contributed by atoms with Gasteiger partial charge in [0.15, 0.2) is 0 Å². The van der Waals surface area contributed by atoms with Crippen LogP contribution in [-0.4, -0.2) is 15.5 Å². The number of hydrazine groups is 1. The molecule has 0 fully saturated rings. The largest absolute Gasteiger partial charge is 0.321 e. The monoisotopic (exact) mass is 298 g/mol. The van der Waals surface area contributed by atoms with E-state index in [-0.39, 0.29) is 12.5 Å². The summed E-state index contributed by atoms with van der Waals surface area (Å²) in [6, 6.07) is 11.6. The third-order valence-corrected chi connectivity index (χ3v) is 3.94. The molecule has 0 saturated heterocycles. The van der Waals surface area contributed by atoms with Crippen LogP contribution in [0.2, 0.25) is 0 Å². The molecule has 0 unspecified atom stereocenters. The molecule has 1 aromatic carbocycles. The van der Waals surface area contributed by atoms with E-state index in [1.54, 1.807) is 22.2 Å². The van der Waals surface area contributed by atoms with E-state index in [0.717, 1.165) is 15.9 Å². The van der Waals surface area contributed by atoms with Gasteiger partial charge in [0, 0.05) is 0 Å². The van der Waals surface area contributed by atoms with E-state index >= 15 is 0 Å². The van der Waals surface area contributed by atoms with Crippen LogP contribution in [0.25, 0.3) is 16.7 Å². The lowest BCUT2D eigenvalue weighted by Crippen LogP contribution is -2.37. The smallest absolute Gasteiger partial charge is 0.258 e. The number of rotatable bonds is 5. The van der Waals surface area contributed by atoms with E-state index < -0.39 is 0 Å². The first-order valence-electron chi connectivity index (χ1n) is 6.41. The maximum Gasteiger partial charge on any atom is 0.258 e. The molecule has 1 amide bonds. The van der Waals surface area contributed by atoms with Gasteiger partial charge in [-0.2, -0.15) is 0 Å². The SMILES string of the molecule is C=C(NNC(=O)Cn1cnc2ccccc21)c1cccs1. The fourth-order valence-corrected chi connectivity index (χ4v) is 2.64. The molecule has 0 bridgehead atoms. The quantitative estimate of drug-likeness (QED) is 0.711. The van der Waals surface area contributed by atoms with Gasteiger partial charge in [-0.15, -0.1) is 11.3 Å². The van der Waals surface area contributed by atoms with Crippen molar-refractivity contribution in [1.29, 1.82) is 0 Å². The molecule has 21 heavy (non-hydrogen) atoms. The average molecular weight is 298 g/mol. The Morgan fingerprint density at radius 1 is 1.24 bits per heavy atom. The molecule has 0 radical (unpaired) electrons. The van der Waals surface area contributed by atoms with Gasteiger partial charge in [-0.1, -0.05) is 24.8 Å². The number of hydrogen-bond acceptors (Lipinski definition) is 4. The van der Waals surface area contributed by atoms with Gasteiger partial charge < -0.3 is 4.57 Å². The molecule has 6 heteroatoms. The van der Waals surface area contributed by atoms with Gasteiger partial charge in [-0.25, -0.2) is 4.98 Å². The second kappa shape index (κ2) is 5.80. The van der Waals surface area contributed by atoms with Crippen molar-refractivity contribution in [3.63, 3.8) is 0 Å². The van der Waals surface area contributed by atoms with E-state index in [2.05, 4.69) is 22.4 Å². The maximum absolute atomic E-state index is 12.0. The Kier molecular flexibility index (Phi) is 3.70. The van der Waals surface area contributed by atoms with Gasteiger partial charge in [0.25, 0.3) is 5.91 Å². The van der Waals surface area contributed by atoms with Crippen molar-refractivity contribution in [2.45, 2.75) is 6.54 Å². The first-order chi connectivity index (χ1) is 10.2. The minimum atomic E-state index is -0.157. The fraction of sp³-hybridized carbons (Fsp3) is 0.0667. The van der Waals surface area contributed by atoms with Crippen LogP contribution < -0.4 is 10.9 Å². The molecule has 0 aliphatic rings. The summed E-state index contributed by atoms with van der Waals surface area (Å²) < 4.78 is 1.81. The Bertz CT molecular complexity index is 776. The van der Waals surface area contributed by atoms with Crippen LogP contribution in [0.5, 0.6) is 0 Å². The summed E-state index contributed by atoms with van der Waals surface area (Å²) in [6.07, 6.45) is 1.67. The molecule has 0 aliphatic heterocycles. The number of carbonyl (C=O) groups is 1. The Hall–Kier alpha value is -2.60. The number of carbonyl (C=O) groups excluding carboxylic acids is 1. The molecule has 2 aromatic heterocycles. The van der Waals surface area contributed by atoms with Crippen LogP contribution in [0.3, 0.4) is 0 Å². The summed E-state index contributed by atoms with van der Waals surface area (Å²) in [6.45, 7) is 4.08. The molecular formula is C15H14N4OS. The second-order valence-corrected chi connectivity index (χ2v) is 5.44. The van der Waals surface area contributed by atoms with Gasteiger partial charge in [0.1, 0.15) is 6.54 Å². The molecule has 106 valence electrons. The highest BCUT2D eigenvalue weighted by Gasteiger charge is 2.07. The molecule has 2 heterocycles. The lowest BCUT2D eigenvalue weighted by molar-refractivity contribution is -0.122. The van der Waals surface area contributed by atoms with Crippen LogP contribution in [0.1, 0.15) is 4.88 Å². The van der Waals surface area contributed by atoms with E-state index in [0.29, 0.717) is 5.70 Å². The molecule has 0 saturated carbocycles. The summed E-state index contributed by atoms with van der Waals surface area (Å²) in [5.74, 6) is -0.157. The van der Waals surface area contributed by atoms with Crippen molar-refractivity contribution in [2.24, 2.45) is 0 Å². The van der Waals surface area contributed by atoms with E-state index in [1.165, 1.54) is 0 Å². The van der Waals surface area contributed by atoms with Crippen LogP contribution in [0.4, 0.5) is 0 Å². The number of nitrogens with one attached hydrogen (secondary N) is 2. The standard InChI is InChI=1S/C15H14N4OS/c1-11(14-7-4-8-21-14)17-18-15(20)9-19-10-16-12-5-2-3-6-13(12)19/h2-8,10,17H,1,9H2,(H,18,20). The van der Waals surface area contributed by atoms with Crippen molar-refractivity contribution >= 4 is 34.0 Å². The van der Waals surface area contributed by atoms with Crippen molar-refractivity contribution in [3.05, 3.63) is 59.6 Å². The number of nitrogens with zero attached hydrogens (tertiary/aromatic N) is 2. The van der Waals surface area contributed by atoms with Gasteiger partial charge in [-0.05, 0) is 23.6 Å². The Balaban J connectivity index is 1.60. The Labute approximate surface area is 125 Å². The van der Waals surface area contributed by atoms with Gasteiger partial charge in [-0.3, -0.25) is 15.6 Å². The van der Waals surface area contributed by atoms with Crippen LogP contribution >= 0.6 is 11.3 Å². The summed E-state index contributed by atoms with van der Waals surface area (Å²) in [4.78, 5) is 17.2. The van der Waals surface area contributed by atoms with Crippen molar-refractivity contribution in [1.82, 2.24) is 20.4 Å². The number of amides is 1. The summed E-state index contributed by atoms with van der Waals surface area (Å²) >= 11 is 1.56. The van der Waals surface area contributed by atoms with E-state index in [9.17, 15) is 4.79 Å². The highest BCUT2D eigenvalue weighted by Crippen LogP contribution is 2.15. The van der Waals surface area contributed by atoms with Crippen molar-refractivity contribution in [2.75, 3.05) is 0 Å². The molecular weight excluding hydrogens is 284 g/mol. The van der Waals surface area contributed by atoms with Crippen molar-refractivity contribution < 1.29 is 4.79 Å². The average Bonchev–Trinajstić information content (AvgIpc) is 3.15. The number of para-hydroxylation sites is 2. The Morgan fingerprint density at radius 3 is 2.90 bits per heavy atom. The molecule has 5 nitrogen and oxygen atoms in total. The molecule has 0 spiro atoms. The lowest BCUT2D eigenvalue weighted by Gasteiger charge is -2.10. The number of imidazole rings is 1. The van der Waals surface area contributed by atoms with Gasteiger partial charge in [0.05, 0.1) is 27.9 Å². The first kappa shape index (κ1) is 13.4. The zero-order chi connectivity index (χ0) is 14.7. The number of aromatic nitrogens is 2. The zero-order valence-electron chi connectivity index (χ0n) is 11.2. The second-order valence-electron chi connectivity index (χ2n) is 4.49. The van der Waals surface area contributed by atoms with Gasteiger partial charge >= 0.3 is 0 Å². The molecule has 2 N–H and O–H groups in total. The number of hydrogen-bond donors (Lipinski definition) is 2. The first-order valence-corrected chi connectivity index (χ1v) is 7.29. The van der Waals surface area contributed by atoms with Crippen LogP contribution in [0.15, 0.2) is 54.7 Å². The summed E-state index contributed by atoms with van der Waals surface area (Å²) in [5, 5.41) is 1.96. The zero-order valence-corrected chi connectivity index (χ0v) is 12.1. The highest BCUT2D eigenvalue weighted by atomic mass is 32.1. The lowest BCUT2D eigenvalue weighted by atomic mass is 10.3. The molecule has 3 aromatic rings. The van der Waals surface area contributed by atoms with Crippen LogP contribution in [0, 0.1) is 0 Å². The van der Waals surface area contributed by atoms with E-state index in [4.69, 9.17) is 0 Å². The summed E-state index contributed by atoms with van der Waals surface area (Å²) in [5.41, 5.74) is 7.96. The van der Waals surface area contributed by atoms with Crippen molar-refractivity contribution in [3.8, 4) is 0 Å². The molecule has 0 aliphatic carbocycles. The molecule has 0 atom stereocenters. The third-order valence-electron chi connectivity index (χ3n) is 3.01. The minimum absolute atomic E-state index is 0.157. The highest BCUT2D eigenvalue weighted by molar-refractivity contribution is 7.11. The van der Waals surface area contributed by atoms with Crippen LogP contribution in [-0.2, 0) is 11.3 Å². The predicted octanol–water partition coefficient (Wildman–Crippen LogP) is 2.39. The fourth-order valence-electron chi connectivity index (χ4n) is 1.99. The predicted molar refractivity (Wildman–Crippen MR) is 84.4 cm³/mol. The normalized spacial score (nSPS) is 10.5. The number of fused-ring (bicyclic) bond motifs is 1. The maximum atomic E-state index is 12.0. The topological polar surface area (TPSA) is 58.9 Å². The minimum Gasteiger partial charge on any atom is -0.321 e. The molecule has 3 rings (SSSR count). The summed E-state index contributed by atoms with van der Waals surface area (Å²) in [7, 11) is 0. The number of thiophene rings is 1. The number of benzene rings is 1.